The molecule has 0 heterocycles. The molecule has 20 heavy (non-hydrogen) atoms. The molecular formula is C17H16O2Sn. The van der Waals surface area contributed by atoms with E-state index in [2.05, 4.69) is 20.9 Å². The van der Waals surface area contributed by atoms with Crippen LogP contribution in [0.15, 0.2) is 36.4 Å². The van der Waals surface area contributed by atoms with Gasteiger partial charge in [-0.2, -0.15) is 0 Å². The third kappa shape index (κ3) is 1.94. The van der Waals surface area contributed by atoms with E-state index in [4.69, 9.17) is 0 Å². The molecule has 3 heteroatoms. The van der Waals surface area contributed by atoms with Crippen LogP contribution in [0.25, 0.3) is 11.1 Å². The second-order valence-corrected chi connectivity index (χ2v) is 20.7. The Hall–Kier alpha value is -1.42. The molecule has 0 aliphatic heterocycles. The van der Waals surface area contributed by atoms with Gasteiger partial charge in [-0.25, -0.2) is 0 Å². The molecule has 0 saturated carbocycles. The fourth-order valence-corrected chi connectivity index (χ4v) is 6.03. The van der Waals surface area contributed by atoms with Crippen LogP contribution in [0.3, 0.4) is 0 Å². The van der Waals surface area contributed by atoms with Crippen LogP contribution in [0, 0.1) is 0 Å². The summed E-state index contributed by atoms with van der Waals surface area (Å²) in [7, 11) is 0. The average Bonchev–Trinajstić information content (AvgIpc) is 2.71. The van der Waals surface area contributed by atoms with Gasteiger partial charge in [-0.05, 0) is 0 Å². The first-order valence-electron chi connectivity index (χ1n) is 6.71. The average molecular weight is 371 g/mol. The monoisotopic (exact) mass is 372 g/mol. The normalized spacial score (nSPS) is 13.1. The van der Waals surface area contributed by atoms with E-state index in [-0.39, 0.29) is 5.78 Å². The van der Waals surface area contributed by atoms with E-state index in [0.29, 0.717) is 16.7 Å². The molecule has 0 atom stereocenters. The second-order valence-electron chi connectivity index (χ2n) is 6.23. The molecule has 1 aliphatic rings. The van der Waals surface area contributed by atoms with Crippen molar-refractivity contribution in [2.75, 3.05) is 0 Å². The van der Waals surface area contributed by atoms with Crippen molar-refractivity contribution in [3.8, 4) is 11.1 Å². The first-order chi connectivity index (χ1) is 9.43. The number of hydrogen-bond donors (Lipinski definition) is 0. The molecule has 0 unspecified atom stereocenters. The third-order valence-corrected chi connectivity index (χ3v) is 9.62. The molecule has 2 aromatic rings. The van der Waals surface area contributed by atoms with Gasteiger partial charge in [0.15, 0.2) is 0 Å². The van der Waals surface area contributed by atoms with Crippen LogP contribution in [-0.2, 0) is 0 Å². The van der Waals surface area contributed by atoms with Gasteiger partial charge in [0.1, 0.15) is 0 Å². The number of benzene rings is 2. The third-order valence-electron chi connectivity index (χ3n) is 3.85. The zero-order chi connectivity index (χ0) is 14.5. The number of aldehydes is 1. The van der Waals surface area contributed by atoms with Gasteiger partial charge < -0.3 is 0 Å². The van der Waals surface area contributed by atoms with E-state index in [1.165, 1.54) is 3.58 Å². The molecule has 0 spiro atoms. The minimum absolute atomic E-state index is 0.0200. The van der Waals surface area contributed by atoms with Crippen molar-refractivity contribution in [3.63, 3.8) is 0 Å². The van der Waals surface area contributed by atoms with E-state index < -0.39 is 18.4 Å². The minimum atomic E-state index is -2.29. The van der Waals surface area contributed by atoms with E-state index in [1.54, 1.807) is 0 Å². The van der Waals surface area contributed by atoms with Crippen LogP contribution < -0.4 is 3.58 Å². The summed E-state index contributed by atoms with van der Waals surface area (Å²) in [6, 6.07) is 11.7. The molecule has 1 aliphatic carbocycles. The molecule has 0 N–H and O–H groups in total. The molecule has 0 saturated heterocycles. The van der Waals surface area contributed by atoms with E-state index in [0.717, 1.165) is 17.4 Å². The number of rotatable bonds is 2. The van der Waals surface area contributed by atoms with Crippen LogP contribution in [0.4, 0.5) is 0 Å². The van der Waals surface area contributed by atoms with E-state index in [1.807, 2.05) is 30.3 Å². The Balaban J connectivity index is 2.37. The van der Waals surface area contributed by atoms with Gasteiger partial charge >= 0.3 is 123 Å². The Morgan fingerprint density at radius 2 is 1.60 bits per heavy atom. The van der Waals surface area contributed by atoms with Gasteiger partial charge in [0.05, 0.1) is 0 Å². The van der Waals surface area contributed by atoms with Gasteiger partial charge in [-0.1, -0.05) is 0 Å². The Labute approximate surface area is 122 Å². The van der Waals surface area contributed by atoms with Crippen LogP contribution in [0.2, 0.25) is 14.8 Å². The molecule has 2 aromatic carbocycles. The Kier molecular flexibility index (Phi) is 3.09. The predicted octanol–water partition coefficient (Wildman–Crippen LogP) is 3.26. The Morgan fingerprint density at radius 1 is 0.950 bits per heavy atom. The summed E-state index contributed by atoms with van der Waals surface area (Å²) in [5, 5.41) is 0. The van der Waals surface area contributed by atoms with Crippen molar-refractivity contribution < 1.29 is 9.59 Å². The standard InChI is InChI=1S/C14H7O2.3CH3.Sn/c15-8-9-4-3-7-11-10-5-1-2-6-12(10)14(16)13(9)11;;;;/h1-2,4-8H;3*1H3;. The maximum atomic E-state index is 12.5. The maximum absolute atomic E-state index is 12.5. The number of hydrogen-bond acceptors (Lipinski definition) is 2. The molecule has 0 radical (unpaired) electrons. The number of carbonyl (C=O) groups excluding carboxylic acids is 2. The summed E-state index contributed by atoms with van der Waals surface area (Å²) in [5.74, 6) is -0.0200. The molecule has 3 rings (SSSR count). The number of carbonyl (C=O) groups is 2. The van der Waals surface area contributed by atoms with Gasteiger partial charge in [0, 0.05) is 0 Å². The first-order valence-corrected chi connectivity index (χ1v) is 16.7. The van der Waals surface area contributed by atoms with Crippen LogP contribution in [0.5, 0.6) is 0 Å². The molecular weight excluding hydrogens is 355 g/mol. The molecule has 0 bridgehead atoms. The number of fused-ring (bicyclic) bond motifs is 3. The van der Waals surface area contributed by atoms with E-state index >= 15 is 0 Å². The van der Waals surface area contributed by atoms with Gasteiger partial charge in [0.2, 0.25) is 0 Å². The van der Waals surface area contributed by atoms with Crippen molar-refractivity contribution in [3.05, 3.63) is 53.1 Å². The van der Waals surface area contributed by atoms with Crippen LogP contribution in [-0.4, -0.2) is 30.4 Å². The summed E-state index contributed by atoms with van der Waals surface area (Å²) in [5.41, 5.74) is 3.75. The summed E-state index contributed by atoms with van der Waals surface area (Å²) in [4.78, 5) is 30.8. The van der Waals surface area contributed by atoms with Gasteiger partial charge in [-0.15, -0.1) is 0 Å². The Morgan fingerprint density at radius 3 is 2.20 bits per heavy atom. The molecule has 0 amide bonds. The van der Waals surface area contributed by atoms with Crippen molar-refractivity contribution in [1.29, 1.82) is 0 Å². The molecule has 100 valence electrons. The predicted molar refractivity (Wildman–Crippen MR) is 83.7 cm³/mol. The molecule has 0 aromatic heterocycles. The van der Waals surface area contributed by atoms with Gasteiger partial charge in [-0.3, -0.25) is 0 Å². The Bertz CT molecular complexity index is 739. The first kappa shape index (κ1) is 13.6. The van der Waals surface area contributed by atoms with Crippen molar-refractivity contribution in [2.45, 2.75) is 14.8 Å². The molecule has 0 fully saturated rings. The van der Waals surface area contributed by atoms with Crippen molar-refractivity contribution >= 4 is 34.0 Å². The van der Waals surface area contributed by atoms with E-state index in [9.17, 15) is 9.59 Å². The number of ketones is 1. The second kappa shape index (κ2) is 4.55. The summed E-state index contributed by atoms with van der Waals surface area (Å²) in [6.07, 6.45) is 0.823. The quantitative estimate of drug-likeness (QED) is 0.512. The zero-order valence-electron chi connectivity index (χ0n) is 11.9. The topological polar surface area (TPSA) is 34.1 Å². The fourth-order valence-electron chi connectivity index (χ4n) is 2.71. The van der Waals surface area contributed by atoms with Crippen LogP contribution >= 0.6 is 0 Å². The van der Waals surface area contributed by atoms with Crippen LogP contribution in [0.1, 0.15) is 26.3 Å². The summed E-state index contributed by atoms with van der Waals surface area (Å²) < 4.78 is 1.28. The summed E-state index contributed by atoms with van der Waals surface area (Å²) >= 11 is -2.29. The van der Waals surface area contributed by atoms with Crippen molar-refractivity contribution in [2.24, 2.45) is 0 Å². The zero-order valence-corrected chi connectivity index (χ0v) is 14.7. The van der Waals surface area contributed by atoms with Crippen molar-refractivity contribution in [1.82, 2.24) is 0 Å². The van der Waals surface area contributed by atoms with Gasteiger partial charge in [0.25, 0.3) is 0 Å². The fraction of sp³-hybridized carbons (Fsp3) is 0.176. The summed E-state index contributed by atoms with van der Waals surface area (Å²) in [6.45, 7) is 0. The SMILES string of the molecule is [CH3][Sn]([CH3])([CH3])[c]1cc(C=O)c2c(c1)-c1ccccc1C2=O. The molecule has 2 nitrogen and oxygen atoms in total.